The van der Waals surface area contributed by atoms with Crippen LogP contribution in [0.25, 0.3) is 0 Å². The topological polar surface area (TPSA) is 60.3 Å². The summed E-state index contributed by atoms with van der Waals surface area (Å²) >= 11 is 0. The number of para-hydroxylation sites is 2. The molecule has 2 aromatic carbocycles. The van der Waals surface area contributed by atoms with Crippen molar-refractivity contribution in [1.82, 2.24) is 4.57 Å². The molecule has 0 saturated carbocycles. The fraction of sp³-hybridized carbons (Fsp3) is 0.100. The molecule has 0 bridgehead atoms. The Morgan fingerprint density at radius 1 is 1.08 bits per heavy atom. The molecule has 1 heterocycles. The van der Waals surface area contributed by atoms with Gasteiger partial charge in [-0.2, -0.15) is 0 Å². The second-order valence-corrected chi connectivity index (χ2v) is 5.66. The van der Waals surface area contributed by atoms with Gasteiger partial charge >= 0.3 is 0 Å². The summed E-state index contributed by atoms with van der Waals surface area (Å²) in [5.74, 6) is -0.158. The number of hydrogen-bond acceptors (Lipinski definition) is 3. The number of rotatable bonds is 5. The van der Waals surface area contributed by atoms with Crippen LogP contribution < -0.4 is 15.6 Å². The lowest BCUT2D eigenvalue weighted by atomic mass is 10.2. The van der Waals surface area contributed by atoms with Crippen molar-refractivity contribution in [1.29, 1.82) is 0 Å². The van der Waals surface area contributed by atoms with E-state index in [-0.39, 0.29) is 23.8 Å². The molecule has 1 aromatic heterocycles. The van der Waals surface area contributed by atoms with Gasteiger partial charge in [-0.1, -0.05) is 24.3 Å². The fourth-order valence-corrected chi connectivity index (χ4v) is 2.52. The Kier molecular flexibility index (Phi) is 5.12. The number of nitrogens with one attached hydrogen (secondary N) is 1. The highest BCUT2D eigenvalue weighted by molar-refractivity contribution is 6.04. The molecule has 0 aliphatic heterocycles. The number of hydrogen-bond donors (Lipinski definition) is 1. The van der Waals surface area contributed by atoms with Gasteiger partial charge in [-0.15, -0.1) is 0 Å². The molecule has 0 spiro atoms. The van der Waals surface area contributed by atoms with Crippen LogP contribution in [0.15, 0.2) is 71.7 Å². The molecule has 0 unspecified atom stereocenters. The maximum atomic E-state index is 13.0. The Morgan fingerprint density at radius 2 is 1.81 bits per heavy atom. The average Bonchev–Trinajstić information content (AvgIpc) is 2.65. The predicted molar refractivity (Wildman–Crippen MR) is 97.2 cm³/mol. The largest absolute Gasteiger partial charge is 0.495 e. The van der Waals surface area contributed by atoms with E-state index in [1.54, 1.807) is 36.4 Å². The summed E-state index contributed by atoms with van der Waals surface area (Å²) in [5, 5.41) is 2.77. The predicted octanol–water partition coefficient (Wildman–Crippen LogP) is 3.30. The van der Waals surface area contributed by atoms with E-state index in [9.17, 15) is 14.0 Å². The summed E-state index contributed by atoms with van der Waals surface area (Å²) in [7, 11) is 1.52. The Hall–Kier alpha value is -3.41. The number of methoxy groups -OCH3 is 1. The van der Waals surface area contributed by atoms with E-state index in [4.69, 9.17) is 4.74 Å². The van der Waals surface area contributed by atoms with Gasteiger partial charge < -0.3 is 14.6 Å². The number of nitrogens with zero attached hydrogens (tertiary/aromatic N) is 1. The maximum Gasteiger partial charge on any atom is 0.257 e. The third-order valence-corrected chi connectivity index (χ3v) is 3.87. The average molecular weight is 352 g/mol. The molecule has 0 aliphatic carbocycles. The third kappa shape index (κ3) is 3.97. The van der Waals surface area contributed by atoms with Crippen LogP contribution in [0.5, 0.6) is 5.75 Å². The minimum Gasteiger partial charge on any atom is -0.495 e. The minimum atomic E-state index is -0.359. The highest BCUT2D eigenvalue weighted by Crippen LogP contribution is 2.23. The summed E-state index contributed by atoms with van der Waals surface area (Å²) < 4.78 is 19.6. The number of amides is 1. The Bertz CT molecular complexity index is 981. The monoisotopic (exact) mass is 352 g/mol. The molecule has 0 atom stereocenters. The molecule has 1 N–H and O–H groups in total. The zero-order valence-electron chi connectivity index (χ0n) is 14.1. The Labute approximate surface area is 149 Å². The summed E-state index contributed by atoms with van der Waals surface area (Å²) in [6.07, 6.45) is 1.48. The lowest BCUT2D eigenvalue weighted by molar-refractivity contribution is 0.102. The number of carbonyl (C=O) groups excluding carboxylic acids is 1. The number of halogens is 1. The van der Waals surface area contributed by atoms with Crippen LogP contribution >= 0.6 is 0 Å². The van der Waals surface area contributed by atoms with Crippen molar-refractivity contribution in [3.8, 4) is 5.75 Å². The van der Waals surface area contributed by atoms with E-state index < -0.39 is 0 Å². The summed E-state index contributed by atoms with van der Waals surface area (Å²) in [4.78, 5) is 24.6. The SMILES string of the molecule is COc1ccccc1NC(=O)c1ccc(=O)n(Cc2ccc(F)cc2)c1. The highest BCUT2D eigenvalue weighted by atomic mass is 19.1. The first kappa shape index (κ1) is 17.4. The van der Waals surface area contributed by atoms with Gasteiger partial charge in [0.2, 0.25) is 0 Å². The number of pyridine rings is 1. The van der Waals surface area contributed by atoms with E-state index in [0.717, 1.165) is 5.56 Å². The van der Waals surface area contributed by atoms with Crippen molar-refractivity contribution in [2.45, 2.75) is 6.54 Å². The third-order valence-electron chi connectivity index (χ3n) is 3.87. The van der Waals surface area contributed by atoms with Gasteiger partial charge in [0.15, 0.2) is 0 Å². The number of carbonyl (C=O) groups is 1. The molecular formula is C20H17FN2O3. The van der Waals surface area contributed by atoms with E-state index in [1.807, 2.05) is 0 Å². The molecule has 0 aliphatic rings. The van der Waals surface area contributed by atoms with E-state index in [2.05, 4.69) is 5.32 Å². The summed E-state index contributed by atoms with van der Waals surface area (Å²) in [6.45, 7) is 0.245. The first-order valence-electron chi connectivity index (χ1n) is 7.96. The molecule has 26 heavy (non-hydrogen) atoms. The van der Waals surface area contributed by atoms with Gasteiger partial charge in [0.05, 0.1) is 24.9 Å². The van der Waals surface area contributed by atoms with Crippen molar-refractivity contribution in [2.24, 2.45) is 0 Å². The molecule has 0 fully saturated rings. The highest BCUT2D eigenvalue weighted by Gasteiger charge is 2.11. The van der Waals surface area contributed by atoms with Gasteiger partial charge in [0.25, 0.3) is 11.5 Å². The van der Waals surface area contributed by atoms with Crippen LogP contribution in [0.2, 0.25) is 0 Å². The first-order valence-corrected chi connectivity index (χ1v) is 7.96. The molecule has 132 valence electrons. The normalized spacial score (nSPS) is 10.4. The van der Waals surface area contributed by atoms with Crippen molar-refractivity contribution in [3.05, 3.63) is 94.2 Å². The van der Waals surface area contributed by atoms with E-state index in [0.29, 0.717) is 17.0 Å². The van der Waals surface area contributed by atoms with Gasteiger partial charge in [-0.25, -0.2) is 4.39 Å². The zero-order chi connectivity index (χ0) is 18.5. The first-order chi connectivity index (χ1) is 12.6. The van der Waals surface area contributed by atoms with Crippen molar-refractivity contribution >= 4 is 11.6 Å². The lowest BCUT2D eigenvalue weighted by Crippen LogP contribution is -2.22. The summed E-state index contributed by atoms with van der Waals surface area (Å²) in [5.41, 5.74) is 1.38. The van der Waals surface area contributed by atoms with E-state index in [1.165, 1.54) is 42.1 Å². The van der Waals surface area contributed by atoms with Gasteiger partial charge in [0.1, 0.15) is 11.6 Å². The molecule has 3 rings (SSSR count). The van der Waals surface area contributed by atoms with Crippen LogP contribution in [-0.4, -0.2) is 17.6 Å². The van der Waals surface area contributed by atoms with Gasteiger partial charge in [-0.3, -0.25) is 9.59 Å². The molecule has 0 radical (unpaired) electrons. The second-order valence-electron chi connectivity index (χ2n) is 5.66. The van der Waals surface area contributed by atoms with Crippen LogP contribution in [0, 0.1) is 5.82 Å². The maximum absolute atomic E-state index is 13.0. The van der Waals surface area contributed by atoms with Crippen molar-refractivity contribution < 1.29 is 13.9 Å². The van der Waals surface area contributed by atoms with Crippen LogP contribution in [0.3, 0.4) is 0 Å². The number of ether oxygens (including phenoxy) is 1. The lowest BCUT2D eigenvalue weighted by Gasteiger charge is -2.11. The second kappa shape index (κ2) is 7.65. The quantitative estimate of drug-likeness (QED) is 0.766. The van der Waals surface area contributed by atoms with Crippen molar-refractivity contribution in [3.63, 3.8) is 0 Å². The van der Waals surface area contributed by atoms with Crippen LogP contribution in [0.1, 0.15) is 15.9 Å². The van der Waals surface area contributed by atoms with Crippen LogP contribution in [0.4, 0.5) is 10.1 Å². The Morgan fingerprint density at radius 3 is 2.54 bits per heavy atom. The van der Waals surface area contributed by atoms with Crippen molar-refractivity contribution in [2.75, 3.05) is 12.4 Å². The molecule has 1 amide bonds. The van der Waals surface area contributed by atoms with Crippen LogP contribution in [-0.2, 0) is 6.54 Å². The molecular weight excluding hydrogens is 335 g/mol. The smallest absolute Gasteiger partial charge is 0.257 e. The minimum absolute atomic E-state index is 0.245. The molecule has 6 heteroatoms. The molecule has 0 saturated heterocycles. The van der Waals surface area contributed by atoms with E-state index >= 15 is 0 Å². The zero-order valence-corrected chi connectivity index (χ0v) is 14.1. The number of benzene rings is 2. The summed E-state index contributed by atoms with van der Waals surface area (Å²) in [6, 6.07) is 15.7. The molecule has 3 aromatic rings. The fourth-order valence-electron chi connectivity index (χ4n) is 2.52. The number of aromatic nitrogens is 1. The number of anilines is 1. The standard InChI is InChI=1S/C20H17FN2O3/c1-26-18-5-3-2-4-17(18)22-20(25)15-8-11-19(24)23(13-15)12-14-6-9-16(21)10-7-14/h2-11,13H,12H2,1H3,(H,22,25). The van der Waals surface area contributed by atoms with Gasteiger partial charge in [0, 0.05) is 12.3 Å². The Balaban J connectivity index is 1.83. The van der Waals surface area contributed by atoms with Gasteiger partial charge in [-0.05, 0) is 35.9 Å². The molecule has 5 nitrogen and oxygen atoms in total.